The largest absolute Gasteiger partial charge is 0.494 e. The highest BCUT2D eigenvalue weighted by atomic mass is 79.9. The van der Waals surface area contributed by atoms with Gasteiger partial charge in [0, 0.05) is 113 Å². The second-order valence-electron chi connectivity index (χ2n) is 38.2. The summed E-state index contributed by atoms with van der Waals surface area (Å²) in [7, 11) is -2.62. The molecule has 148 heavy (non-hydrogen) atoms. The van der Waals surface area contributed by atoms with E-state index in [1.54, 1.807) is 86.9 Å². The van der Waals surface area contributed by atoms with Gasteiger partial charge in [-0.1, -0.05) is 113 Å². The van der Waals surface area contributed by atoms with Gasteiger partial charge in [-0.05, 0) is 142 Å². The number of halogens is 10. The average Bonchev–Trinajstić information content (AvgIpc) is 1.60. The van der Waals surface area contributed by atoms with Gasteiger partial charge >= 0.3 is 31.3 Å². The molecular weight excluding hydrogens is 2080 g/mol. The topological polar surface area (TPSA) is 389 Å². The Labute approximate surface area is 854 Å². The van der Waals surface area contributed by atoms with E-state index in [1.807, 2.05) is 91.4 Å². The van der Waals surface area contributed by atoms with Crippen molar-refractivity contribution < 1.29 is 138 Å². The third-order valence-electron chi connectivity index (χ3n) is 27.2. The number of alkyl halides is 6. The van der Waals surface area contributed by atoms with E-state index in [9.17, 15) is 63.9 Å². The Morgan fingerprint density at radius 3 is 1.15 bits per heavy atom. The maximum Gasteiger partial charge on any atom is 0.494 e. The number of hydrogen-bond donors (Lipinski definition) is 5. The predicted octanol–water partition coefficient (Wildman–Crippen LogP) is 15.9. The number of nitrogens with zero attached hydrogens (tertiary/aromatic N) is 10. The lowest BCUT2D eigenvalue weighted by Crippen LogP contribution is -2.41. The van der Waals surface area contributed by atoms with Crippen molar-refractivity contribution in [1.29, 1.82) is 4.78 Å². The second kappa shape index (κ2) is 42.8. The van der Waals surface area contributed by atoms with Crippen LogP contribution in [-0.4, -0.2) is 281 Å². The molecule has 9 aliphatic heterocycles. The third kappa shape index (κ3) is 22.1. The van der Waals surface area contributed by atoms with Crippen LogP contribution in [0.25, 0.3) is 89.1 Å². The van der Waals surface area contributed by atoms with E-state index in [0.717, 1.165) is 57.3 Å². The van der Waals surface area contributed by atoms with Gasteiger partial charge in [-0.25, -0.2) is 58.4 Å². The summed E-state index contributed by atoms with van der Waals surface area (Å²) >= 11 is 3.15. The number of carbonyl (C=O) groups excluding carboxylic acids is 2. The number of aliphatic hydroxyl groups excluding tert-OH is 3. The molecule has 17 atom stereocenters. The molecule has 9 saturated heterocycles. The van der Waals surface area contributed by atoms with Crippen LogP contribution in [0, 0.1) is 22.2 Å². The lowest BCUT2D eigenvalue weighted by atomic mass is 9.79. The molecule has 2 amide bonds. The zero-order chi connectivity index (χ0) is 105. The lowest BCUT2D eigenvalue weighted by molar-refractivity contribution is -0.169. The molecule has 0 spiro atoms. The quantitative estimate of drug-likeness (QED) is 0.0349. The summed E-state index contributed by atoms with van der Waals surface area (Å²) in [4.78, 5) is 39.9. The summed E-state index contributed by atoms with van der Waals surface area (Å²) in [6.07, 6.45) is -11.5. The van der Waals surface area contributed by atoms with E-state index in [2.05, 4.69) is 39.6 Å². The summed E-state index contributed by atoms with van der Waals surface area (Å²) in [6, 6.07) is 49.8. The number of pyridine rings is 3. The zero-order valence-corrected chi connectivity index (χ0v) is 85.6. The van der Waals surface area contributed by atoms with Crippen molar-refractivity contribution in [2.75, 3.05) is 95.1 Å². The Hall–Kier alpha value is -10.7. The summed E-state index contributed by atoms with van der Waals surface area (Å²) in [5, 5.41) is 30.3. The number of nitrogens with one attached hydrogen (secondary N) is 2. The average molecular weight is 2180 g/mol. The fourth-order valence-electron chi connectivity index (χ4n) is 18.5. The van der Waals surface area contributed by atoms with Crippen molar-refractivity contribution in [2.24, 2.45) is 8.73 Å². The summed E-state index contributed by atoms with van der Waals surface area (Å²) in [5.41, 5.74) is 8.69. The highest BCUT2D eigenvalue weighted by molar-refractivity contribution is 9.10. The van der Waals surface area contributed by atoms with Crippen LogP contribution in [0.4, 0.5) is 39.5 Å². The number of fused-ring (bicyclic) bond motifs is 6. The Kier molecular flexibility index (Phi) is 31.0. The molecule has 0 aliphatic carbocycles. The van der Waals surface area contributed by atoms with Crippen LogP contribution >= 0.6 is 15.9 Å². The first-order valence-corrected chi connectivity index (χ1v) is 52.8. The van der Waals surface area contributed by atoms with Crippen molar-refractivity contribution in [1.82, 2.24) is 42.0 Å². The fourth-order valence-corrected chi connectivity index (χ4v) is 22.7. The minimum Gasteiger partial charge on any atom is -0.470 e. The van der Waals surface area contributed by atoms with E-state index in [4.69, 9.17) is 71.2 Å². The number of carbonyl (C=O) groups is 2. The molecule has 0 radical (unpaired) electrons. The van der Waals surface area contributed by atoms with Crippen molar-refractivity contribution in [3.63, 3.8) is 0 Å². The van der Waals surface area contributed by atoms with Crippen molar-refractivity contribution in [2.45, 2.75) is 190 Å². The van der Waals surface area contributed by atoms with E-state index in [0.29, 0.717) is 121 Å². The van der Waals surface area contributed by atoms with Crippen LogP contribution in [0.3, 0.4) is 0 Å². The molecule has 9 fully saturated rings. The van der Waals surface area contributed by atoms with Gasteiger partial charge in [0.1, 0.15) is 114 Å². The number of aromatic nitrogens is 6. The lowest BCUT2D eigenvalue weighted by Gasteiger charge is -2.32. The fraction of sp³-hybridized carbons (Fsp3) is 0.416. The molecule has 33 nitrogen and oxygen atoms in total. The smallest absolute Gasteiger partial charge is 0.470 e. The van der Waals surface area contributed by atoms with Gasteiger partial charge in [-0.3, -0.25) is 18.7 Å². The van der Waals surface area contributed by atoms with Crippen LogP contribution in [-0.2, 0) is 86.5 Å². The first-order chi connectivity index (χ1) is 70.2. The standard InChI is InChI=1S/C34H34F4N4O7S.C30H36BFN2O7.C27H27FN4O5S.C10H10BrF3N2O2S/c1-41(2)50(45,40-33(44)34(36,37)38)22-12-10-20(11-13-22)19-6-8-21(9-7-19)30-23(35)15-25-24(39-30)16-29(42(25)28-5-3-4-14-46-28)49-27-18-48-31-26(43)17-47-32(27)31;1-29(2)30(3,4)41-31(40-29)18-10-8-17(9-11-18)26-19(32)13-21-20(33-26)14-25(34(21)24-7-5-6-12-36-24)39-23-16-38-27-22(35)15-37-28(23)27;1-32(2)38(29,34)18-9-7-16(8-10-18)15-3-5-17(6-4-15)25-19(28)11-20-21(31-25)12-24(30-20)37-23-14-36-26-22(33)13-35-27(23)26;1-16(2)19(18,15-9(17)10(12,13)14)8-5-3-7(11)4-6-8/h6-13,15-16,26-28,31-32,43H,3-5,14,17-18H2,1-2H3;8-11,13-14,22-24,27-28,35H,5-7,12,15-16H2,1-4H3;3-12,22-23,26-27,29-30,33H,13-14H2,1-2H3;3-6H,1-2H3/t26-,27-,28?,31-,32-,50?;22-,23-,24?,27-,28-;22-,23-,26-,27-,38?;/m111./s1. The van der Waals surface area contributed by atoms with Crippen LogP contribution in [0.5, 0.6) is 17.6 Å². The molecule has 5 N–H and O–H groups in total. The molecule has 9 aliphatic rings. The molecular formula is C101H107BBrF9N12O21S3. The maximum atomic E-state index is 15.8. The van der Waals surface area contributed by atoms with Gasteiger partial charge in [0.05, 0.1) is 98.6 Å². The minimum atomic E-state index is -5.26. The molecule has 5 unspecified atom stereocenters. The van der Waals surface area contributed by atoms with Gasteiger partial charge < -0.3 is 81.7 Å². The number of H-pyrrole nitrogens is 1. The van der Waals surface area contributed by atoms with Crippen molar-refractivity contribution in [3.8, 4) is 73.7 Å². The summed E-state index contributed by atoms with van der Waals surface area (Å²) in [6.45, 7) is 10.6. The number of hydrogen-bond acceptors (Lipinski definition) is 25. The van der Waals surface area contributed by atoms with Crippen molar-refractivity contribution in [3.05, 3.63) is 204 Å². The second-order valence-corrected chi connectivity index (χ2v) is 46.2. The van der Waals surface area contributed by atoms with Gasteiger partial charge in [0.2, 0.25) is 0 Å². The van der Waals surface area contributed by atoms with E-state index in [1.165, 1.54) is 87.1 Å². The van der Waals surface area contributed by atoms with Crippen LogP contribution in [0.1, 0.15) is 78.7 Å². The first kappa shape index (κ1) is 107. The Balaban J connectivity index is 0.000000135. The molecule has 0 saturated carbocycles. The Morgan fingerprint density at radius 2 is 0.784 bits per heavy atom. The first-order valence-electron chi connectivity index (χ1n) is 47.5. The number of amides is 2. The molecule has 21 rings (SSSR count). The summed E-state index contributed by atoms with van der Waals surface area (Å²) in [5.74, 6) is -4.88. The number of ether oxygens (including phenoxy) is 11. The molecule has 15 heterocycles. The van der Waals surface area contributed by atoms with E-state index < -0.39 is 145 Å². The number of aliphatic hydroxyl groups is 3. The third-order valence-corrected chi connectivity index (χ3v) is 34.3. The highest BCUT2D eigenvalue weighted by Crippen LogP contribution is 2.45. The number of benzene rings is 6. The summed E-state index contributed by atoms with van der Waals surface area (Å²) < 4.78 is 259. The van der Waals surface area contributed by atoms with Crippen LogP contribution in [0.2, 0.25) is 0 Å². The zero-order valence-electron chi connectivity index (χ0n) is 81.5. The van der Waals surface area contributed by atoms with Gasteiger partial charge in [0.25, 0.3) is 0 Å². The minimum absolute atomic E-state index is 0.0262. The maximum absolute atomic E-state index is 15.8. The Bertz CT molecular complexity index is 7280. The monoisotopic (exact) mass is 2180 g/mol. The number of rotatable bonds is 20. The van der Waals surface area contributed by atoms with Gasteiger partial charge in [0.15, 0.2) is 53.4 Å². The van der Waals surface area contributed by atoms with E-state index >= 15 is 13.2 Å². The predicted molar refractivity (Wildman–Crippen MR) is 530 cm³/mol. The number of aromatic amines is 1. The Morgan fingerprint density at radius 1 is 0.446 bits per heavy atom. The van der Waals surface area contributed by atoms with Crippen LogP contribution < -0.4 is 19.7 Å². The van der Waals surface area contributed by atoms with Gasteiger partial charge in [-0.15, -0.1) is 8.73 Å². The molecule has 6 aromatic carbocycles. The SMILES string of the molecule is CC1(C)OB(c2ccc(-c3nc4cc(O[C@@H]5CO[C@H]6[C@@H]5OC[C@H]6O)n(C5CCCCO5)c4cc3F)cc2)OC1(C)C.CN(C)S(=N)(=O)c1ccc(-c2ccc(-c3nc4cc(O[C@@H]5CO[C@H]6[C@@H]5OC[C@H]6O)[nH]c4cc3F)cc2)cc1.CN(C)S(=O)(=NC(=O)C(F)(F)F)c1ccc(-c2ccc(-c3nc4cc(O[C@@H]5CO[C@H]6[C@@H]5OC[C@H]6O)n(C5CCCCO5)c4cc3F)cc2)cc1.CN(C)S(=O)(=NC(=O)C(F)(F)F)c1ccc(Br)cc1. The molecule has 0 bridgehead atoms. The van der Waals surface area contributed by atoms with Crippen molar-refractivity contribution >= 4 is 103 Å². The van der Waals surface area contributed by atoms with E-state index in [-0.39, 0.29) is 84.1 Å². The highest BCUT2D eigenvalue weighted by Gasteiger charge is 2.54. The van der Waals surface area contributed by atoms with Crippen LogP contribution in [0.15, 0.2) is 210 Å². The normalized spacial score (nSPS) is 25.2. The molecule has 6 aromatic heterocycles. The molecule has 788 valence electrons. The molecule has 12 aromatic rings. The van der Waals surface area contributed by atoms with Gasteiger partial charge in [-0.2, -0.15) is 26.3 Å². The molecule has 47 heteroatoms.